The molecule has 0 spiro atoms. The lowest BCUT2D eigenvalue weighted by Crippen LogP contribution is -2.43. The van der Waals surface area contributed by atoms with E-state index in [1.54, 1.807) is 0 Å². The Morgan fingerprint density at radius 3 is 2.42 bits per heavy atom. The summed E-state index contributed by atoms with van der Waals surface area (Å²) in [6.45, 7) is 9.37. The van der Waals surface area contributed by atoms with Gasteiger partial charge in [-0.1, -0.05) is 37.5 Å². The van der Waals surface area contributed by atoms with Crippen LogP contribution in [0.1, 0.15) is 61.4 Å². The van der Waals surface area contributed by atoms with Gasteiger partial charge in [-0.2, -0.15) is 0 Å². The van der Waals surface area contributed by atoms with Gasteiger partial charge in [-0.3, -0.25) is 9.59 Å². The number of nitrogens with zero attached hydrogens (tertiary/aromatic N) is 3. The Bertz CT molecular complexity index is 1240. The van der Waals surface area contributed by atoms with Crippen LogP contribution in [0.2, 0.25) is 0 Å². The number of nitrogens with one attached hydrogen (secondary N) is 1. The van der Waals surface area contributed by atoms with E-state index in [1.807, 2.05) is 61.2 Å². The van der Waals surface area contributed by atoms with Crippen LogP contribution in [0.4, 0.5) is 0 Å². The average molecular weight is 517 g/mol. The third-order valence-electron chi connectivity index (χ3n) is 8.31. The van der Waals surface area contributed by atoms with Gasteiger partial charge in [0.25, 0.3) is 5.91 Å². The Labute approximate surface area is 225 Å². The highest BCUT2D eigenvalue weighted by Crippen LogP contribution is 2.28. The van der Waals surface area contributed by atoms with Gasteiger partial charge in [0.2, 0.25) is 11.8 Å². The standard InChI is InChI=1S/C31H40N4O3/c1-22-7-9-25(10-8-22)30-33-27-21-26(11-12-28(27)38-30)31(37)35-18-13-24(14-19-35)23(2)29(36)32-15-20-34-16-5-3-4-6-17-34/h7-12,21,23-24H,3-6,13-20H2,1-2H3,(H,32,36)/t23-/m1/s1. The molecule has 1 N–H and O–H groups in total. The molecule has 0 unspecified atom stereocenters. The number of hydrogen-bond donors (Lipinski definition) is 1. The molecular weight excluding hydrogens is 476 g/mol. The first-order valence-corrected chi connectivity index (χ1v) is 14.2. The molecule has 2 saturated heterocycles. The molecule has 202 valence electrons. The molecule has 0 bridgehead atoms. The van der Waals surface area contributed by atoms with Crippen LogP contribution in [0.15, 0.2) is 46.9 Å². The smallest absolute Gasteiger partial charge is 0.253 e. The summed E-state index contributed by atoms with van der Waals surface area (Å²) in [5, 5.41) is 3.16. The molecular formula is C31H40N4O3. The molecule has 1 aromatic heterocycles. The van der Waals surface area contributed by atoms with Crippen LogP contribution < -0.4 is 5.32 Å². The highest BCUT2D eigenvalue weighted by atomic mass is 16.3. The van der Waals surface area contributed by atoms with Crippen LogP contribution in [-0.4, -0.2) is 65.9 Å². The van der Waals surface area contributed by atoms with E-state index in [2.05, 4.69) is 15.2 Å². The molecule has 2 fully saturated rings. The minimum Gasteiger partial charge on any atom is -0.436 e. The predicted octanol–water partition coefficient (Wildman–Crippen LogP) is 5.28. The quantitative estimate of drug-likeness (QED) is 0.462. The molecule has 2 aliphatic rings. The molecule has 2 amide bonds. The minimum absolute atomic E-state index is 0.0137. The number of oxazole rings is 1. The fourth-order valence-electron chi connectivity index (χ4n) is 5.74. The second-order valence-corrected chi connectivity index (χ2v) is 11.0. The first kappa shape index (κ1) is 26.4. The first-order chi connectivity index (χ1) is 18.5. The summed E-state index contributed by atoms with van der Waals surface area (Å²) >= 11 is 0. The van der Waals surface area contributed by atoms with Gasteiger partial charge in [-0.25, -0.2) is 4.98 Å². The number of likely N-dealkylation sites (tertiary alicyclic amines) is 2. The summed E-state index contributed by atoms with van der Waals surface area (Å²) < 4.78 is 5.93. The molecule has 0 aliphatic carbocycles. The van der Waals surface area contributed by atoms with Crippen LogP contribution in [0.3, 0.4) is 0 Å². The second-order valence-electron chi connectivity index (χ2n) is 11.0. The highest BCUT2D eigenvalue weighted by Gasteiger charge is 2.30. The average Bonchev–Trinajstić information content (AvgIpc) is 3.20. The number of carbonyl (C=O) groups is 2. The van der Waals surface area contributed by atoms with Gasteiger partial charge in [-0.05, 0) is 81.9 Å². The van der Waals surface area contributed by atoms with E-state index >= 15 is 0 Å². The predicted molar refractivity (Wildman–Crippen MR) is 150 cm³/mol. The van der Waals surface area contributed by atoms with Crippen molar-refractivity contribution in [1.29, 1.82) is 0 Å². The minimum atomic E-state index is -0.0388. The number of benzene rings is 2. The van der Waals surface area contributed by atoms with Crippen LogP contribution in [-0.2, 0) is 4.79 Å². The van der Waals surface area contributed by atoms with Gasteiger partial charge >= 0.3 is 0 Å². The lowest BCUT2D eigenvalue weighted by atomic mass is 9.84. The zero-order chi connectivity index (χ0) is 26.5. The Hall–Kier alpha value is -3.19. The molecule has 0 saturated carbocycles. The molecule has 38 heavy (non-hydrogen) atoms. The Balaban J connectivity index is 1.12. The molecule has 5 rings (SSSR count). The fraction of sp³-hybridized carbons (Fsp3) is 0.516. The first-order valence-electron chi connectivity index (χ1n) is 14.2. The van der Waals surface area contributed by atoms with Crippen molar-refractivity contribution in [3.05, 3.63) is 53.6 Å². The number of amides is 2. The fourth-order valence-corrected chi connectivity index (χ4v) is 5.74. The van der Waals surface area contributed by atoms with Crippen molar-refractivity contribution in [2.75, 3.05) is 39.3 Å². The van der Waals surface area contributed by atoms with Gasteiger partial charge in [-0.15, -0.1) is 0 Å². The topological polar surface area (TPSA) is 78.7 Å². The summed E-state index contributed by atoms with van der Waals surface area (Å²) in [6, 6.07) is 13.5. The number of fused-ring (bicyclic) bond motifs is 1. The van der Waals surface area contributed by atoms with Crippen LogP contribution in [0.25, 0.3) is 22.6 Å². The van der Waals surface area contributed by atoms with Crippen LogP contribution in [0, 0.1) is 18.8 Å². The molecule has 1 atom stereocenters. The maximum atomic E-state index is 13.3. The van der Waals surface area contributed by atoms with Crippen molar-refractivity contribution in [2.45, 2.75) is 52.4 Å². The van der Waals surface area contributed by atoms with Gasteiger partial charge in [0.05, 0.1) is 0 Å². The van der Waals surface area contributed by atoms with E-state index < -0.39 is 0 Å². The van der Waals surface area contributed by atoms with Gasteiger partial charge < -0.3 is 19.5 Å². The van der Waals surface area contributed by atoms with Crippen molar-refractivity contribution in [1.82, 2.24) is 20.1 Å². The maximum absolute atomic E-state index is 13.3. The summed E-state index contributed by atoms with van der Waals surface area (Å²) in [7, 11) is 0. The summed E-state index contributed by atoms with van der Waals surface area (Å²) in [5.74, 6) is 0.977. The number of hydrogen-bond acceptors (Lipinski definition) is 5. The Morgan fingerprint density at radius 1 is 1.00 bits per heavy atom. The molecule has 0 radical (unpaired) electrons. The van der Waals surface area contributed by atoms with Crippen molar-refractivity contribution >= 4 is 22.9 Å². The van der Waals surface area contributed by atoms with Crippen molar-refractivity contribution in [3.63, 3.8) is 0 Å². The summed E-state index contributed by atoms with van der Waals surface area (Å²) in [4.78, 5) is 35.1. The largest absolute Gasteiger partial charge is 0.436 e. The molecule has 2 aromatic carbocycles. The number of aromatic nitrogens is 1. The monoisotopic (exact) mass is 516 g/mol. The lowest BCUT2D eigenvalue weighted by Gasteiger charge is -2.34. The third kappa shape index (κ3) is 6.26. The SMILES string of the molecule is Cc1ccc(-c2nc3cc(C(=O)N4CCC([C@@H](C)C(=O)NCCN5CCCCCC5)CC4)ccc3o2)cc1. The van der Waals surface area contributed by atoms with E-state index in [4.69, 9.17) is 4.42 Å². The number of piperidine rings is 1. The molecule has 7 heteroatoms. The van der Waals surface area contributed by atoms with Crippen molar-refractivity contribution < 1.29 is 14.0 Å². The molecule has 2 aliphatic heterocycles. The van der Waals surface area contributed by atoms with Crippen molar-refractivity contribution in [2.24, 2.45) is 11.8 Å². The highest BCUT2D eigenvalue weighted by molar-refractivity contribution is 5.97. The maximum Gasteiger partial charge on any atom is 0.253 e. The molecule has 7 nitrogen and oxygen atoms in total. The van der Waals surface area contributed by atoms with E-state index in [0.717, 1.165) is 44.6 Å². The van der Waals surface area contributed by atoms with E-state index in [-0.39, 0.29) is 17.7 Å². The van der Waals surface area contributed by atoms with E-state index in [0.29, 0.717) is 41.6 Å². The van der Waals surface area contributed by atoms with Crippen molar-refractivity contribution in [3.8, 4) is 11.5 Å². The normalized spacial score (nSPS) is 18.3. The summed E-state index contributed by atoms with van der Waals surface area (Å²) in [5.41, 5.74) is 4.08. The van der Waals surface area contributed by atoms with Crippen LogP contribution in [0.5, 0.6) is 0 Å². The van der Waals surface area contributed by atoms with Gasteiger partial charge in [0, 0.05) is 43.2 Å². The van der Waals surface area contributed by atoms with Gasteiger partial charge in [0.1, 0.15) is 5.52 Å². The number of aryl methyl sites for hydroxylation is 1. The third-order valence-corrected chi connectivity index (χ3v) is 8.31. The number of rotatable bonds is 7. The number of carbonyl (C=O) groups excluding carboxylic acids is 2. The Morgan fingerprint density at radius 2 is 1.71 bits per heavy atom. The van der Waals surface area contributed by atoms with Crippen LogP contribution >= 0.6 is 0 Å². The second kappa shape index (κ2) is 12.1. The Kier molecular flexibility index (Phi) is 8.42. The van der Waals surface area contributed by atoms with Gasteiger partial charge in [0.15, 0.2) is 5.58 Å². The summed E-state index contributed by atoms with van der Waals surface area (Å²) in [6.07, 6.45) is 6.87. The van der Waals surface area contributed by atoms with E-state index in [1.165, 1.54) is 31.2 Å². The zero-order valence-corrected chi connectivity index (χ0v) is 22.7. The molecule has 3 aromatic rings. The van der Waals surface area contributed by atoms with E-state index in [9.17, 15) is 9.59 Å². The zero-order valence-electron chi connectivity index (χ0n) is 22.7. The lowest BCUT2D eigenvalue weighted by molar-refractivity contribution is -0.126. The molecule has 3 heterocycles.